The molecule has 24 heavy (non-hydrogen) atoms. The van der Waals surface area contributed by atoms with Crippen LogP contribution in [-0.2, 0) is 9.53 Å². The molecule has 2 aromatic carbocycles. The van der Waals surface area contributed by atoms with Gasteiger partial charge in [0.1, 0.15) is 11.5 Å². The average Bonchev–Trinajstić information content (AvgIpc) is 2.61. The van der Waals surface area contributed by atoms with Gasteiger partial charge in [-0.3, -0.25) is 0 Å². The highest BCUT2D eigenvalue weighted by molar-refractivity contribution is 5.90. The van der Waals surface area contributed by atoms with Crippen molar-refractivity contribution in [2.24, 2.45) is 0 Å². The number of carbonyl (C=O) groups excluding carboxylic acids is 2. The maximum absolute atomic E-state index is 11.9. The molecule has 0 heterocycles. The third-order valence-corrected chi connectivity index (χ3v) is 3.11. The molecule has 124 valence electrons. The van der Waals surface area contributed by atoms with E-state index >= 15 is 0 Å². The second kappa shape index (κ2) is 8.53. The number of methoxy groups -OCH3 is 1. The molecule has 5 heteroatoms. The van der Waals surface area contributed by atoms with Crippen LogP contribution in [0.4, 0.5) is 0 Å². The molecule has 0 spiro atoms. The Labute approximate surface area is 140 Å². The number of rotatable bonds is 6. The van der Waals surface area contributed by atoms with Crippen molar-refractivity contribution in [1.29, 1.82) is 0 Å². The highest BCUT2D eigenvalue weighted by Crippen LogP contribution is 2.19. The Morgan fingerprint density at radius 2 is 1.75 bits per heavy atom. The highest BCUT2D eigenvalue weighted by Gasteiger charge is 2.06. The van der Waals surface area contributed by atoms with E-state index in [4.69, 9.17) is 9.47 Å². The van der Waals surface area contributed by atoms with Crippen LogP contribution in [-0.4, -0.2) is 25.7 Å². The minimum Gasteiger partial charge on any atom is -0.493 e. The van der Waals surface area contributed by atoms with Crippen molar-refractivity contribution < 1.29 is 23.8 Å². The van der Waals surface area contributed by atoms with Crippen molar-refractivity contribution in [2.75, 3.05) is 13.7 Å². The van der Waals surface area contributed by atoms with E-state index in [1.165, 1.54) is 37.5 Å². The van der Waals surface area contributed by atoms with E-state index in [9.17, 15) is 9.59 Å². The SMILES string of the molecule is CCOc1ccccc1/C=C/C(=O)Oc1ccc(C(=O)OC)cc1. The third-order valence-electron chi connectivity index (χ3n) is 3.11. The lowest BCUT2D eigenvalue weighted by Crippen LogP contribution is -2.05. The van der Waals surface area contributed by atoms with Crippen molar-refractivity contribution in [3.8, 4) is 11.5 Å². The zero-order valence-electron chi connectivity index (χ0n) is 13.5. The summed E-state index contributed by atoms with van der Waals surface area (Å²) in [5.74, 6) is 0.0781. The number of carbonyl (C=O) groups is 2. The lowest BCUT2D eigenvalue weighted by molar-refractivity contribution is -0.128. The molecule has 0 atom stereocenters. The van der Waals surface area contributed by atoms with Crippen LogP contribution in [0.2, 0.25) is 0 Å². The molecular weight excluding hydrogens is 308 g/mol. The quantitative estimate of drug-likeness (QED) is 0.462. The Kier molecular flexibility index (Phi) is 6.14. The van der Waals surface area contributed by atoms with Gasteiger partial charge in [0.15, 0.2) is 0 Å². The van der Waals surface area contributed by atoms with Crippen LogP contribution in [0.15, 0.2) is 54.6 Å². The first-order valence-electron chi connectivity index (χ1n) is 7.44. The largest absolute Gasteiger partial charge is 0.493 e. The van der Waals surface area contributed by atoms with Crippen LogP contribution >= 0.6 is 0 Å². The zero-order chi connectivity index (χ0) is 17.4. The van der Waals surface area contributed by atoms with Gasteiger partial charge in [-0.05, 0) is 43.3 Å². The fraction of sp³-hybridized carbons (Fsp3) is 0.158. The van der Waals surface area contributed by atoms with Crippen molar-refractivity contribution >= 4 is 18.0 Å². The Balaban J connectivity index is 2.01. The van der Waals surface area contributed by atoms with Gasteiger partial charge in [-0.25, -0.2) is 9.59 Å². The molecule has 2 aromatic rings. The van der Waals surface area contributed by atoms with Crippen LogP contribution < -0.4 is 9.47 Å². The molecule has 0 bridgehead atoms. The molecule has 0 saturated heterocycles. The number of benzene rings is 2. The number of hydrogen-bond acceptors (Lipinski definition) is 5. The first-order valence-corrected chi connectivity index (χ1v) is 7.44. The molecule has 0 aliphatic carbocycles. The van der Waals surface area contributed by atoms with Crippen molar-refractivity contribution in [2.45, 2.75) is 6.92 Å². The topological polar surface area (TPSA) is 61.8 Å². The molecule has 0 aromatic heterocycles. The van der Waals surface area contributed by atoms with E-state index in [0.717, 1.165) is 5.56 Å². The minimum atomic E-state index is -0.521. The smallest absolute Gasteiger partial charge is 0.337 e. The predicted molar refractivity (Wildman–Crippen MR) is 90.1 cm³/mol. The monoisotopic (exact) mass is 326 g/mol. The van der Waals surface area contributed by atoms with E-state index < -0.39 is 11.9 Å². The standard InChI is InChI=1S/C19H18O5/c1-3-23-17-7-5-4-6-14(17)10-13-18(20)24-16-11-8-15(9-12-16)19(21)22-2/h4-13H,3H2,1-2H3/b13-10+. The van der Waals surface area contributed by atoms with Gasteiger partial charge < -0.3 is 14.2 Å². The molecular formula is C19H18O5. The summed E-state index contributed by atoms with van der Waals surface area (Å²) in [6.45, 7) is 2.44. The minimum absolute atomic E-state index is 0.343. The van der Waals surface area contributed by atoms with Crippen LogP contribution in [0.5, 0.6) is 11.5 Å². The summed E-state index contributed by atoms with van der Waals surface area (Å²) in [5.41, 5.74) is 1.18. The van der Waals surface area contributed by atoms with E-state index in [2.05, 4.69) is 4.74 Å². The Hall–Kier alpha value is -3.08. The van der Waals surface area contributed by atoms with E-state index in [-0.39, 0.29) is 0 Å². The Bertz CT molecular complexity index is 732. The summed E-state index contributed by atoms with van der Waals surface area (Å²) in [7, 11) is 1.31. The maximum atomic E-state index is 11.9. The van der Waals surface area contributed by atoms with Crippen molar-refractivity contribution in [3.05, 3.63) is 65.7 Å². The van der Waals surface area contributed by atoms with Gasteiger partial charge >= 0.3 is 11.9 Å². The molecule has 0 fully saturated rings. The molecule has 0 unspecified atom stereocenters. The number of ether oxygens (including phenoxy) is 3. The van der Waals surface area contributed by atoms with Gasteiger partial charge in [0.25, 0.3) is 0 Å². The summed E-state index contributed by atoms with van der Waals surface area (Å²) < 4.78 is 15.3. The molecule has 0 amide bonds. The Morgan fingerprint density at radius 3 is 2.42 bits per heavy atom. The molecule has 0 radical (unpaired) electrons. The predicted octanol–water partition coefficient (Wildman–Crippen LogP) is 3.49. The molecule has 2 rings (SSSR count). The normalized spacial score (nSPS) is 10.4. The fourth-order valence-corrected chi connectivity index (χ4v) is 1.99. The van der Waals surface area contributed by atoms with Crippen LogP contribution in [0.25, 0.3) is 6.08 Å². The maximum Gasteiger partial charge on any atom is 0.337 e. The summed E-state index contributed by atoms with van der Waals surface area (Å²) in [6, 6.07) is 13.5. The van der Waals surface area contributed by atoms with E-state index in [0.29, 0.717) is 23.7 Å². The van der Waals surface area contributed by atoms with Gasteiger partial charge in [-0.2, -0.15) is 0 Å². The second-order valence-electron chi connectivity index (χ2n) is 4.74. The van der Waals surface area contributed by atoms with Gasteiger partial charge in [-0.1, -0.05) is 18.2 Å². The van der Waals surface area contributed by atoms with E-state index in [1.807, 2.05) is 31.2 Å². The molecule has 0 aliphatic heterocycles. The number of hydrogen-bond donors (Lipinski definition) is 0. The zero-order valence-corrected chi connectivity index (χ0v) is 13.5. The molecule has 0 saturated carbocycles. The molecule has 5 nitrogen and oxygen atoms in total. The van der Waals surface area contributed by atoms with Gasteiger partial charge in [-0.15, -0.1) is 0 Å². The van der Waals surface area contributed by atoms with Crippen LogP contribution in [0.1, 0.15) is 22.8 Å². The number of esters is 2. The summed E-state index contributed by atoms with van der Waals surface area (Å²) in [6.07, 6.45) is 2.96. The first-order chi connectivity index (χ1) is 11.6. The van der Waals surface area contributed by atoms with Crippen molar-refractivity contribution in [1.82, 2.24) is 0 Å². The second-order valence-corrected chi connectivity index (χ2v) is 4.74. The van der Waals surface area contributed by atoms with E-state index in [1.54, 1.807) is 6.08 Å². The Morgan fingerprint density at radius 1 is 1.04 bits per heavy atom. The van der Waals surface area contributed by atoms with Crippen LogP contribution in [0.3, 0.4) is 0 Å². The lowest BCUT2D eigenvalue weighted by Gasteiger charge is -2.06. The van der Waals surface area contributed by atoms with Crippen LogP contribution in [0, 0.1) is 0 Å². The molecule has 0 aliphatic rings. The van der Waals surface area contributed by atoms with Crippen molar-refractivity contribution in [3.63, 3.8) is 0 Å². The summed E-state index contributed by atoms with van der Waals surface area (Å²) in [4.78, 5) is 23.2. The van der Waals surface area contributed by atoms with Gasteiger partial charge in [0.05, 0.1) is 19.3 Å². The number of para-hydroxylation sites is 1. The highest BCUT2D eigenvalue weighted by atomic mass is 16.5. The fourth-order valence-electron chi connectivity index (χ4n) is 1.99. The summed E-state index contributed by atoms with van der Waals surface area (Å²) in [5, 5.41) is 0. The lowest BCUT2D eigenvalue weighted by atomic mass is 10.2. The average molecular weight is 326 g/mol. The summed E-state index contributed by atoms with van der Waals surface area (Å²) >= 11 is 0. The van der Waals surface area contributed by atoms with Gasteiger partial charge in [0.2, 0.25) is 0 Å². The molecule has 0 N–H and O–H groups in total. The first kappa shape index (κ1) is 17.3. The third kappa shape index (κ3) is 4.71. The van der Waals surface area contributed by atoms with Gasteiger partial charge in [0, 0.05) is 11.6 Å².